The summed E-state index contributed by atoms with van der Waals surface area (Å²) in [5.74, 6) is 0.519. The highest BCUT2D eigenvalue weighted by atomic mass is 15.2. The predicted octanol–water partition coefficient (Wildman–Crippen LogP) is 4.07. The Morgan fingerprint density at radius 3 is 2.57 bits per heavy atom. The molecule has 1 aromatic heterocycles. The number of nitrogens with two attached hydrogens (primary N) is 1. The van der Waals surface area contributed by atoms with Gasteiger partial charge in [0.25, 0.3) is 0 Å². The second-order valence-electron chi connectivity index (χ2n) is 5.33. The average molecular weight is 273 g/mol. The first-order chi connectivity index (χ1) is 10.2. The molecule has 0 bridgehead atoms. The van der Waals surface area contributed by atoms with Gasteiger partial charge in [-0.1, -0.05) is 36.4 Å². The van der Waals surface area contributed by atoms with E-state index in [9.17, 15) is 0 Å². The maximum atomic E-state index is 6.13. The standard InChI is InChI=1S/C18H15N3/c1-12-6-9-16-17(10-12)21(18(19)20-16)15-8-7-13-4-2-3-5-14(13)11-15/h2-11H,1H3,(H2,19,20). The van der Waals surface area contributed by atoms with Crippen LogP contribution in [0.15, 0.2) is 60.7 Å². The van der Waals surface area contributed by atoms with Gasteiger partial charge in [0.2, 0.25) is 5.95 Å². The Kier molecular flexibility index (Phi) is 2.48. The van der Waals surface area contributed by atoms with Crippen molar-refractivity contribution in [3.63, 3.8) is 0 Å². The van der Waals surface area contributed by atoms with Gasteiger partial charge in [-0.15, -0.1) is 0 Å². The van der Waals surface area contributed by atoms with Crippen LogP contribution >= 0.6 is 0 Å². The molecule has 0 aliphatic carbocycles. The molecular weight excluding hydrogens is 258 g/mol. The van der Waals surface area contributed by atoms with Crippen LogP contribution in [0.4, 0.5) is 5.95 Å². The van der Waals surface area contributed by atoms with Crippen molar-refractivity contribution in [3.05, 3.63) is 66.2 Å². The van der Waals surface area contributed by atoms with Gasteiger partial charge in [0.15, 0.2) is 0 Å². The molecule has 21 heavy (non-hydrogen) atoms. The molecule has 0 aliphatic heterocycles. The topological polar surface area (TPSA) is 43.8 Å². The predicted molar refractivity (Wildman–Crippen MR) is 87.7 cm³/mol. The third-order valence-electron chi connectivity index (χ3n) is 3.83. The van der Waals surface area contributed by atoms with Gasteiger partial charge in [-0.3, -0.25) is 4.57 Å². The van der Waals surface area contributed by atoms with E-state index >= 15 is 0 Å². The Morgan fingerprint density at radius 1 is 0.905 bits per heavy atom. The lowest BCUT2D eigenvalue weighted by Gasteiger charge is -2.08. The van der Waals surface area contributed by atoms with E-state index in [1.165, 1.54) is 16.3 Å². The molecule has 3 aromatic carbocycles. The van der Waals surface area contributed by atoms with Gasteiger partial charge in [0.05, 0.1) is 11.0 Å². The van der Waals surface area contributed by atoms with Crippen molar-refractivity contribution >= 4 is 27.8 Å². The van der Waals surface area contributed by atoms with Crippen molar-refractivity contribution in [3.8, 4) is 5.69 Å². The van der Waals surface area contributed by atoms with E-state index in [1.807, 2.05) is 22.8 Å². The van der Waals surface area contributed by atoms with Crippen LogP contribution in [0.2, 0.25) is 0 Å². The molecule has 0 amide bonds. The molecule has 0 aliphatic rings. The quantitative estimate of drug-likeness (QED) is 0.568. The van der Waals surface area contributed by atoms with Crippen LogP contribution in [-0.2, 0) is 0 Å². The van der Waals surface area contributed by atoms with Crippen molar-refractivity contribution in [1.29, 1.82) is 0 Å². The summed E-state index contributed by atoms with van der Waals surface area (Å²) in [6, 6.07) is 20.9. The minimum absolute atomic E-state index is 0.519. The van der Waals surface area contributed by atoms with Crippen LogP contribution in [0.25, 0.3) is 27.5 Å². The number of imidazole rings is 1. The first kappa shape index (κ1) is 12.0. The number of anilines is 1. The zero-order valence-corrected chi connectivity index (χ0v) is 11.7. The number of rotatable bonds is 1. The number of benzene rings is 3. The van der Waals surface area contributed by atoms with Gasteiger partial charge < -0.3 is 5.73 Å². The van der Waals surface area contributed by atoms with Crippen molar-refractivity contribution in [2.45, 2.75) is 6.92 Å². The summed E-state index contributed by atoms with van der Waals surface area (Å²) in [4.78, 5) is 4.45. The molecule has 1 heterocycles. The zero-order valence-electron chi connectivity index (χ0n) is 11.7. The van der Waals surface area contributed by atoms with E-state index in [0.29, 0.717) is 5.95 Å². The lowest BCUT2D eigenvalue weighted by Crippen LogP contribution is -2.00. The molecular formula is C18H15N3. The molecule has 0 saturated heterocycles. The van der Waals surface area contributed by atoms with Crippen LogP contribution in [0, 0.1) is 6.92 Å². The molecule has 2 N–H and O–H groups in total. The number of aryl methyl sites for hydroxylation is 1. The Morgan fingerprint density at radius 2 is 1.71 bits per heavy atom. The minimum atomic E-state index is 0.519. The highest BCUT2D eigenvalue weighted by Crippen LogP contribution is 2.26. The summed E-state index contributed by atoms with van der Waals surface area (Å²) in [7, 11) is 0. The maximum Gasteiger partial charge on any atom is 0.205 e. The molecule has 0 atom stereocenters. The number of hydrogen-bond donors (Lipinski definition) is 1. The highest BCUT2D eigenvalue weighted by Gasteiger charge is 2.10. The van der Waals surface area contributed by atoms with Crippen LogP contribution in [0.5, 0.6) is 0 Å². The van der Waals surface area contributed by atoms with Crippen LogP contribution < -0.4 is 5.73 Å². The lowest BCUT2D eigenvalue weighted by molar-refractivity contribution is 1.11. The third kappa shape index (κ3) is 1.86. The molecule has 0 spiro atoms. The Balaban J connectivity index is 2.03. The van der Waals surface area contributed by atoms with Gasteiger partial charge in [-0.25, -0.2) is 4.98 Å². The molecule has 3 nitrogen and oxygen atoms in total. The van der Waals surface area contributed by atoms with E-state index in [4.69, 9.17) is 5.73 Å². The number of aromatic nitrogens is 2. The summed E-state index contributed by atoms with van der Waals surface area (Å²) in [6.45, 7) is 2.08. The van der Waals surface area contributed by atoms with E-state index in [1.54, 1.807) is 0 Å². The summed E-state index contributed by atoms with van der Waals surface area (Å²) in [5.41, 5.74) is 10.3. The molecule has 4 aromatic rings. The molecule has 102 valence electrons. The summed E-state index contributed by atoms with van der Waals surface area (Å²) in [6.07, 6.45) is 0. The molecule has 0 unspecified atom stereocenters. The number of nitrogen functional groups attached to an aromatic ring is 1. The summed E-state index contributed by atoms with van der Waals surface area (Å²) in [5, 5.41) is 2.42. The Hall–Kier alpha value is -2.81. The van der Waals surface area contributed by atoms with Gasteiger partial charge in [0.1, 0.15) is 0 Å². The molecule has 3 heteroatoms. The van der Waals surface area contributed by atoms with Crippen molar-refractivity contribution in [2.75, 3.05) is 5.73 Å². The second-order valence-corrected chi connectivity index (χ2v) is 5.33. The number of fused-ring (bicyclic) bond motifs is 2. The van der Waals surface area contributed by atoms with Crippen LogP contribution in [0.1, 0.15) is 5.56 Å². The first-order valence-electron chi connectivity index (χ1n) is 6.96. The van der Waals surface area contributed by atoms with Crippen molar-refractivity contribution in [1.82, 2.24) is 9.55 Å². The Labute approximate surface area is 122 Å². The van der Waals surface area contributed by atoms with Gasteiger partial charge in [-0.2, -0.15) is 0 Å². The monoisotopic (exact) mass is 273 g/mol. The van der Waals surface area contributed by atoms with Crippen LogP contribution in [0.3, 0.4) is 0 Å². The van der Waals surface area contributed by atoms with Gasteiger partial charge in [0, 0.05) is 5.69 Å². The largest absolute Gasteiger partial charge is 0.369 e. The number of hydrogen-bond acceptors (Lipinski definition) is 2. The molecule has 0 radical (unpaired) electrons. The number of nitrogens with zero attached hydrogens (tertiary/aromatic N) is 2. The average Bonchev–Trinajstić information content (AvgIpc) is 2.82. The van der Waals surface area contributed by atoms with Crippen molar-refractivity contribution in [2.24, 2.45) is 0 Å². The van der Waals surface area contributed by atoms with E-state index < -0.39 is 0 Å². The first-order valence-corrected chi connectivity index (χ1v) is 6.96. The Bertz CT molecular complexity index is 967. The highest BCUT2D eigenvalue weighted by molar-refractivity contribution is 5.87. The fraction of sp³-hybridized carbons (Fsp3) is 0.0556. The maximum absolute atomic E-state index is 6.13. The summed E-state index contributed by atoms with van der Waals surface area (Å²) < 4.78 is 2.01. The normalized spacial score (nSPS) is 11.3. The molecule has 0 saturated carbocycles. The molecule has 0 fully saturated rings. The van der Waals surface area contributed by atoms with Crippen LogP contribution in [-0.4, -0.2) is 9.55 Å². The van der Waals surface area contributed by atoms with Crippen molar-refractivity contribution < 1.29 is 0 Å². The summed E-state index contributed by atoms with van der Waals surface area (Å²) >= 11 is 0. The smallest absolute Gasteiger partial charge is 0.205 e. The fourth-order valence-electron chi connectivity index (χ4n) is 2.79. The SMILES string of the molecule is Cc1ccc2nc(N)n(-c3ccc4ccccc4c3)c2c1. The fourth-order valence-corrected chi connectivity index (χ4v) is 2.79. The van der Waals surface area contributed by atoms with Gasteiger partial charge in [-0.05, 0) is 47.5 Å². The van der Waals surface area contributed by atoms with Gasteiger partial charge >= 0.3 is 0 Å². The zero-order chi connectivity index (χ0) is 14.4. The minimum Gasteiger partial charge on any atom is -0.369 e. The van der Waals surface area contributed by atoms with E-state index in [-0.39, 0.29) is 0 Å². The molecule has 4 rings (SSSR count). The van der Waals surface area contributed by atoms with E-state index in [0.717, 1.165) is 16.7 Å². The second kappa shape index (κ2) is 4.35. The lowest BCUT2D eigenvalue weighted by atomic mass is 10.1. The van der Waals surface area contributed by atoms with E-state index in [2.05, 4.69) is 54.4 Å². The third-order valence-corrected chi connectivity index (χ3v) is 3.83.